The van der Waals surface area contributed by atoms with Crippen molar-refractivity contribution in [2.45, 2.75) is 76.3 Å². The first-order chi connectivity index (χ1) is 20.3. The Bertz CT molecular complexity index is 1640. The lowest BCUT2D eigenvalue weighted by Crippen LogP contribution is -2.41. The minimum absolute atomic E-state index is 0.0760. The average molecular weight is 592 g/mol. The van der Waals surface area contributed by atoms with Crippen LogP contribution >= 0.6 is 11.6 Å². The van der Waals surface area contributed by atoms with Gasteiger partial charge in [0.1, 0.15) is 5.49 Å². The molecule has 42 heavy (non-hydrogen) atoms. The van der Waals surface area contributed by atoms with Gasteiger partial charge in [-0.1, -0.05) is 28.9 Å². The summed E-state index contributed by atoms with van der Waals surface area (Å²) in [6.45, 7) is 1.97. The van der Waals surface area contributed by atoms with E-state index in [2.05, 4.69) is 48.1 Å². The second-order valence-corrected chi connectivity index (χ2v) is 11.7. The third-order valence-electron chi connectivity index (χ3n) is 8.00. The number of piperidine rings is 1. The van der Waals surface area contributed by atoms with Gasteiger partial charge >= 0.3 is 0 Å². The number of nitrogens with two attached hydrogens (primary N) is 1. The van der Waals surface area contributed by atoms with E-state index in [-0.39, 0.29) is 23.1 Å². The molecule has 2 aliphatic heterocycles. The summed E-state index contributed by atoms with van der Waals surface area (Å²) in [5.41, 5.74) is 10.2. The highest BCUT2D eigenvalue weighted by Gasteiger charge is 2.25. The number of anilines is 1. The molecular weight excluding hydrogens is 557 g/mol. The van der Waals surface area contributed by atoms with Gasteiger partial charge in [-0.05, 0) is 86.9 Å². The summed E-state index contributed by atoms with van der Waals surface area (Å²) in [5.74, 6) is 0.222. The van der Waals surface area contributed by atoms with E-state index in [0.717, 1.165) is 61.4 Å². The fourth-order valence-electron chi connectivity index (χ4n) is 5.84. The highest BCUT2D eigenvalue weighted by molar-refractivity contribution is 6.31. The normalized spacial score (nSPS) is 21.0. The molecule has 0 spiro atoms. The summed E-state index contributed by atoms with van der Waals surface area (Å²) in [7, 11) is 0. The molecule has 1 fully saturated rings. The molecule has 4 heterocycles. The summed E-state index contributed by atoms with van der Waals surface area (Å²) in [4.78, 5) is 9.31. The zero-order chi connectivity index (χ0) is 29.2. The molecule has 2 aliphatic rings. The molecule has 4 aromatic rings. The van der Waals surface area contributed by atoms with Gasteiger partial charge < -0.3 is 26.0 Å². The molecule has 6 N–H and O–H groups in total. The van der Waals surface area contributed by atoms with Crippen LogP contribution in [0.25, 0.3) is 17.5 Å². The molecule has 2 aromatic heterocycles. The maximum atomic E-state index is 15.1. The van der Waals surface area contributed by atoms with Gasteiger partial charge in [-0.3, -0.25) is 0 Å². The zero-order valence-electron chi connectivity index (χ0n) is 23.4. The number of hydrogen-bond acceptors (Lipinski definition) is 8. The number of rotatable bonds is 9. The standard InChI is InChI=1S/C30H35ClFN9O/c1-17(33)4-2-5-18-12-23(28(32)24(31)13-18)26-14-20-16-41(30(42)36-29(20)35-26)22-10-8-19(9-11-22)25-7-3-6-21(34-25)15-27-37-39-40-38-27/h8-14,16-17,21,25,30,34,42H,2-7,15,33H2,1H3,(H,35,36)(H,37,38,39,40)/t17-,21-,25-,30?/m0/s1. The van der Waals surface area contributed by atoms with Crippen molar-refractivity contribution in [3.63, 3.8) is 0 Å². The van der Waals surface area contributed by atoms with E-state index < -0.39 is 12.2 Å². The van der Waals surface area contributed by atoms with E-state index in [1.165, 1.54) is 5.56 Å². The maximum Gasteiger partial charge on any atom is 0.231 e. The molecule has 1 unspecified atom stereocenters. The summed E-state index contributed by atoms with van der Waals surface area (Å²) < 4.78 is 15.1. The third kappa shape index (κ3) is 6.24. The minimum Gasteiger partial charge on any atom is -0.355 e. The maximum absolute atomic E-state index is 15.1. The van der Waals surface area contributed by atoms with Crippen molar-refractivity contribution >= 4 is 23.5 Å². The van der Waals surface area contributed by atoms with E-state index >= 15 is 4.39 Å². The molecule has 1 saturated heterocycles. The summed E-state index contributed by atoms with van der Waals surface area (Å²) in [6, 6.07) is 14.1. The van der Waals surface area contributed by atoms with Crippen LogP contribution in [0.15, 0.2) is 47.5 Å². The number of nitrogens with zero attached hydrogens (tertiary/aromatic N) is 5. The van der Waals surface area contributed by atoms with Gasteiger partial charge in [0.15, 0.2) is 11.6 Å². The van der Waals surface area contributed by atoms with Gasteiger partial charge in [-0.15, -0.1) is 10.2 Å². The van der Waals surface area contributed by atoms with Crippen LogP contribution in [-0.2, 0) is 12.8 Å². The number of benzene rings is 2. The number of fused-ring (bicyclic) bond motifs is 1. The Morgan fingerprint density at radius 3 is 2.79 bits per heavy atom. The SMILES string of the molecule is C[C@H](N)CCCc1cc(Cl)c(F)c(-c2cc3c([nH]2)=NC(O)N(c2ccc([C@@H]4CCC[C@@H](Cc5nn[nH]n5)N4)cc2)C=3)c1. The molecule has 2 aromatic carbocycles. The largest absolute Gasteiger partial charge is 0.355 e. The highest BCUT2D eigenvalue weighted by atomic mass is 35.5. The van der Waals surface area contributed by atoms with Crippen molar-refractivity contribution in [3.8, 4) is 11.3 Å². The number of nitrogens with one attached hydrogen (secondary N) is 3. The number of halogens is 2. The third-order valence-corrected chi connectivity index (χ3v) is 8.27. The Morgan fingerprint density at radius 2 is 2.02 bits per heavy atom. The lowest BCUT2D eigenvalue weighted by Gasteiger charge is -2.31. The van der Waals surface area contributed by atoms with Crippen LogP contribution in [0.2, 0.25) is 5.02 Å². The van der Waals surface area contributed by atoms with E-state index in [1.54, 1.807) is 11.0 Å². The van der Waals surface area contributed by atoms with Gasteiger partial charge in [0.25, 0.3) is 0 Å². The molecule has 0 radical (unpaired) electrons. The molecule has 4 atom stereocenters. The fourth-order valence-corrected chi connectivity index (χ4v) is 6.08. The number of aryl methyl sites for hydroxylation is 1. The topological polar surface area (TPSA) is 144 Å². The summed E-state index contributed by atoms with van der Waals surface area (Å²) in [6.07, 6.45) is 7.17. The van der Waals surface area contributed by atoms with Gasteiger partial charge in [0.2, 0.25) is 6.35 Å². The van der Waals surface area contributed by atoms with E-state index in [1.807, 2.05) is 37.4 Å². The molecule has 12 heteroatoms. The number of aromatic amines is 2. The zero-order valence-corrected chi connectivity index (χ0v) is 24.2. The first kappa shape index (κ1) is 28.5. The van der Waals surface area contributed by atoms with Crippen molar-refractivity contribution in [1.82, 2.24) is 30.9 Å². The van der Waals surface area contributed by atoms with E-state index in [4.69, 9.17) is 17.3 Å². The number of aliphatic hydroxyl groups excluding tert-OH is 1. The van der Waals surface area contributed by atoms with Crippen molar-refractivity contribution in [1.29, 1.82) is 0 Å². The first-order valence-corrected chi connectivity index (χ1v) is 14.8. The fraction of sp³-hybridized carbons (Fsp3) is 0.400. The molecule has 0 aliphatic carbocycles. The number of aromatic nitrogens is 5. The highest BCUT2D eigenvalue weighted by Crippen LogP contribution is 2.30. The number of H-pyrrole nitrogens is 2. The summed E-state index contributed by atoms with van der Waals surface area (Å²) >= 11 is 6.26. The van der Waals surface area contributed by atoms with Crippen molar-refractivity contribution in [3.05, 3.63) is 81.0 Å². The van der Waals surface area contributed by atoms with Crippen molar-refractivity contribution < 1.29 is 9.50 Å². The molecule has 6 rings (SSSR count). The van der Waals surface area contributed by atoms with E-state index in [9.17, 15) is 5.11 Å². The van der Waals surface area contributed by atoms with Crippen LogP contribution in [0.4, 0.5) is 10.1 Å². The van der Waals surface area contributed by atoms with E-state index in [0.29, 0.717) is 22.6 Å². The van der Waals surface area contributed by atoms with Crippen LogP contribution in [0.3, 0.4) is 0 Å². The van der Waals surface area contributed by atoms with Crippen LogP contribution in [0, 0.1) is 5.82 Å². The number of aliphatic hydroxyl groups is 1. The predicted octanol–water partition coefficient (Wildman–Crippen LogP) is 3.24. The van der Waals surface area contributed by atoms with Gasteiger partial charge in [0, 0.05) is 47.2 Å². The Kier molecular flexibility index (Phi) is 8.34. The smallest absolute Gasteiger partial charge is 0.231 e. The Balaban J connectivity index is 1.20. The predicted molar refractivity (Wildman–Crippen MR) is 159 cm³/mol. The summed E-state index contributed by atoms with van der Waals surface area (Å²) in [5, 5.41) is 29.7. The molecule has 0 amide bonds. The second-order valence-electron chi connectivity index (χ2n) is 11.3. The van der Waals surface area contributed by atoms with Crippen molar-refractivity contribution in [2.75, 3.05) is 4.90 Å². The first-order valence-electron chi connectivity index (χ1n) is 14.4. The van der Waals surface area contributed by atoms with Crippen LogP contribution in [0.1, 0.15) is 62.0 Å². The van der Waals surface area contributed by atoms with Crippen LogP contribution < -0.4 is 26.7 Å². The molecule has 0 saturated carbocycles. The number of tetrazole rings is 1. The average Bonchev–Trinajstić information content (AvgIpc) is 3.64. The lowest BCUT2D eigenvalue weighted by molar-refractivity contribution is 0.186. The quantitative estimate of drug-likeness (QED) is 0.201. The van der Waals surface area contributed by atoms with Crippen LogP contribution in [-0.4, -0.2) is 49.2 Å². The molecule has 220 valence electrons. The Morgan fingerprint density at radius 1 is 1.19 bits per heavy atom. The minimum atomic E-state index is -1.12. The second kappa shape index (κ2) is 12.3. The Hall–Kier alpha value is -3.64. The van der Waals surface area contributed by atoms with Gasteiger partial charge in [-0.2, -0.15) is 5.21 Å². The van der Waals surface area contributed by atoms with Crippen LogP contribution in [0.5, 0.6) is 0 Å². The number of hydrogen-bond donors (Lipinski definition) is 5. The molecular formula is C30H35ClFN9O. The monoisotopic (exact) mass is 591 g/mol. The molecule has 10 nitrogen and oxygen atoms in total. The lowest BCUT2D eigenvalue weighted by atomic mass is 9.92. The van der Waals surface area contributed by atoms with Gasteiger partial charge in [-0.25, -0.2) is 9.38 Å². The Labute approximate surface area is 247 Å². The van der Waals surface area contributed by atoms with Gasteiger partial charge in [0.05, 0.1) is 10.7 Å². The molecule has 0 bridgehead atoms. The van der Waals surface area contributed by atoms with Crippen molar-refractivity contribution in [2.24, 2.45) is 10.7 Å².